The number of nitrogens with one attached hydrogen (secondary N) is 4. The third-order valence-corrected chi connectivity index (χ3v) is 4.01. The zero-order valence-electron chi connectivity index (χ0n) is 14.7. The number of carbonyl (C=O) groups is 4. The highest BCUT2D eigenvalue weighted by atomic mass is 16.2. The Kier molecular flexibility index (Phi) is 6.65. The normalized spacial score (nSPS) is 18.0. The quantitative estimate of drug-likeness (QED) is 0.507. The molecule has 2 atom stereocenters. The van der Waals surface area contributed by atoms with Crippen LogP contribution in [-0.4, -0.2) is 47.2 Å². The minimum Gasteiger partial charge on any atom is -0.349 e. The zero-order valence-corrected chi connectivity index (χ0v) is 14.7. The average molecular weight is 361 g/mol. The Bertz CT molecular complexity index is 677. The molecule has 0 bridgehead atoms. The lowest BCUT2D eigenvalue weighted by Crippen LogP contribution is -2.58. The van der Waals surface area contributed by atoms with Crippen molar-refractivity contribution < 1.29 is 19.2 Å². The molecule has 2 heterocycles. The Balaban J connectivity index is 1.90. The van der Waals surface area contributed by atoms with Crippen molar-refractivity contribution in [2.24, 2.45) is 5.92 Å². The maximum atomic E-state index is 12.5. The Morgan fingerprint density at radius 2 is 1.96 bits per heavy atom. The van der Waals surface area contributed by atoms with Crippen LogP contribution in [-0.2, 0) is 20.9 Å². The van der Waals surface area contributed by atoms with Gasteiger partial charge in [0.1, 0.15) is 6.04 Å². The van der Waals surface area contributed by atoms with E-state index in [0.717, 1.165) is 5.56 Å². The monoisotopic (exact) mass is 361 g/mol. The van der Waals surface area contributed by atoms with Crippen LogP contribution in [0.25, 0.3) is 0 Å². The zero-order chi connectivity index (χ0) is 19.1. The number of hydrogen-bond acceptors (Lipinski definition) is 5. The molecule has 26 heavy (non-hydrogen) atoms. The maximum absolute atomic E-state index is 12.5. The van der Waals surface area contributed by atoms with Gasteiger partial charge in [0.15, 0.2) is 0 Å². The van der Waals surface area contributed by atoms with Crippen molar-refractivity contribution in [1.82, 2.24) is 26.3 Å². The molecule has 1 saturated heterocycles. The van der Waals surface area contributed by atoms with Gasteiger partial charge in [0.2, 0.25) is 11.7 Å². The van der Waals surface area contributed by atoms with Crippen LogP contribution in [0.1, 0.15) is 25.8 Å². The van der Waals surface area contributed by atoms with Gasteiger partial charge in [-0.1, -0.05) is 13.8 Å². The van der Waals surface area contributed by atoms with Gasteiger partial charge in [-0.25, -0.2) is 4.79 Å². The van der Waals surface area contributed by atoms with Gasteiger partial charge < -0.3 is 21.3 Å². The van der Waals surface area contributed by atoms with Crippen LogP contribution in [0.3, 0.4) is 0 Å². The van der Waals surface area contributed by atoms with Gasteiger partial charge >= 0.3 is 6.03 Å². The van der Waals surface area contributed by atoms with Crippen LogP contribution >= 0.6 is 0 Å². The summed E-state index contributed by atoms with van der Waals surface area (Å²) >= 11 is 0. The number of urea groups is 1. The summed E-state index contributed by atoms with van der Waals surface area (Å²) < 4.78 is 0. The molecule has 4 amide bonds. The van der Waals surface area contributed by atoms with Gasteiger partial charge in [-0.05, 0) is 30.0 Å². The van der Waals surface area contributed by atoms with E-state index in [1.165, 1.54) is 0 Å². The Morgan fingerprint density at radius 1 is 1.27 bits per heavy atom. The second kappa shape index (κ2) is 8.93. The van der Waals surface area contributed by atoms with Gasteiger partial charge in [0.05, 0.1) is 6.04 Å². The molecular weight excluding hydrogens is 338 g/mol. The summed E-state index contributed by atoms with van der Waals surface area (Å²) in [6.07, 6.45) is 3.57. The van der Waals surface area contributed by atoms with Crippen molar-refractivity contribution in [3.8, 4) is 0 Å². The molecule has 1 aliphatic rings. The Morgan fingerprint density at radius 3 is 2.62 bits per heavy atom. The lowest BCUT2D eigenvalue weighted by molar-refractivity contribution is -0.142. The number of hydrogen-bond donors (Lipinski definition) is 4. The SMILES string of the molecule is CC(C)C(NC(=O)NCc1ccncc1)C(=O)NC1CCNC(=O)C1=O. The van der Waals surface area contributed by atoms with Crippen LogP contribution in [0.2, 0.25) is 0 Å². The molecule has 2 unspecified atom stereocenters. The molecule has 0 aliphatic carbocycles. The van der Waals surface area contributed by atoms with E-state index in [0.29, 0.717) is 19.5 Å². The van der Waals surface area contributed by atoms with Crippen LogP contribution in [0, 0.1) is 5.92 Å². The molecule has 1 aromatic rings. The topological polar surface area (TPSA) is 129 Å². The summed E-state index contributed by atoms with van der Waals surface area (Å²) in [4.78, 5) is 51.7. The first-order valence-electron chi connectivity index (χ1n) is 8.44. The third-order valence-electron chi connectivity index (χ3n) is 4.01. The summed E-state index contributed by atoms with van der Waals surface area (Å²) in [6, 6.07) is 1.35. The van der Waals surface area contributed by atoms with Crippen LogP contribution in [0.4, 0.5) is 4.79 Å². The highest BCUT2D eigenvalue weighted by Crippen LogP contribution is 2.06. The molecule has 0 aromatic carbocycles. The largest absolute Gasteiger partial charge is 0.349 e. The lowest BCUT2D eigenvalue weighted by Gasteiger charge is -2.26. The van der Waals surface area contributed by atoms with Crippen molar-refractivity contribution in [2.75, 3.05) is 6.54 Å². The number of nitrogens with zero attached hydrogens (tertiary/aromatic N) is 1. The molecule has 4 N–H and O–H groups in total. The fraction of sp³-hybridized carbons (Fsp3) is 0.471. The molecule has 9 nitrogen and oxygen atoms in total. The second-order valence-electron chi connectivity index (χ2n) is 6.37. The van der Waals surface area contributed by atoms with Crippen LogP contribution in [0.5, 0.6) is 0 Å². The van der Waals surface area contributed by atoms with Crippen molar-refractivity contribution >= 4 is 23.6 Å². The molecule has 1 aliphatic heterocycles. The van der Waals surface area contributed by atoms with Gasteiger partial charge in [-0.3, -0.25) is 19.4 Å². The number of carbonyl (C=O) groups excluding carboxylic acids is 4. The molecule has 9 heteroatoms. The molecular formula is C17H23N5O4. The predicted molar refractivity (Wildman–Crippen MR) is 92.8 cm³/mol. The first-order valence-corrected chi connectivity index (χ1v) is 8.44. The number of Topliss-reactive ketones (excluding diaryl/α,β-unsaturated/α-hetero) is 1. The Labute approximate surface area is 151 Å². The van der Waals surface area contributed by atoms with Gasteiger partial charge in [-0.2, -0.15) is 0 Å². The van der Waals surface area contributed by atoms with E-state index < -0.39 is 35.7 Å². The molecule has 0 saturated carbocycles. The maximum Gasteiger partial charge on any atom is 0.315 e. The van der Waals surface area contributed by atoms with E-state index in [9.17, 15) is 19.2 Å². The van der Waals surface area contributed by atoms with Crippen LogP contribution in [0.15, 0.2) is 24.5 Å². The number of piperidine rings is 1. The van der Waals surface area contributed by atoms with Crippen molar-refractivity contribution in [1.29, 1.82) is 0 Å². The summed E-state index contributed by atoms with van der Waals surface area (Å²) in [5.41, 5.74) is 0.875. The van der Waals surface area contributed by atoms with Gasteiger partial charge in [0.25, 0.3) is 5.91 Å². The summed E-state index contributed by atoms with van der Waals surface area (Å²) in [7, 11) is 0. The smallest absolute Gasteiger partial charge is 0.315 e. The fourth-order valence-electron chi connectivity index (χ4n) is 2.52. The first-order chi connectivity index (χ1) is 12.4. The molecule has 1 fully saturated rings. The number of amides is 4. The summed E-state index contributed by atoms with van der Waals surface area (Å²) in [5.74, 6) is -2.07. The van der Waals surface area contributed by atoms with Crippen molar-refractivity contribution in [3.63, 3.8) is 0 Å². The average Bonchev–Trinajstić information content (AvgIpc) is 2.62. The minimum atomic E-state index is -0.862. The number of aromatic nitrogens is 1. The molecule has 2 rings (SSSR count). The van der Waals surface area contributed by atoms with Crippen molar-refractivity contribution in [2.45, 2.75) is 38.9 Å². The molecule has 0 spiro atoms. The third kappa shape index (κ3) is 5.27. The first kappa shape index (κ1) is 19.4. The number of ketones is 1. The van der Waals surface area contributed by atoms with Gasteiger partial charge in [-0.15, -0.1) is 0 Å². The van der Waals surface area contributed by atoms with E-state index in [1.54, 1.807) is 38.4 Å². The fourth-order valence-corrected chi connectivity index (χ4v) is 2.52. The molecule has 0 radical (unpaired) electrons. The highest BCUT2D eigenvalue weighted by Gasteiger charge is 2.33. The molecule has 1 aromatic heterocycles. The van der Waals surface area contributed by atoms with E-state index in [1.807, 2.05) is 0 Å². The predicted octanol–water partition coefficient (Wildman–Crippen LogP) is -0.521. The van der Waals surface area contributed by atoms with E-state index >= 15 is 0 Å². The van der Waals surface area contributed by atoms with E-state index in [2.05, 4.69) is 26.3 Å². The lowest BCUT2D eigenvalue weighted by atomic mass is 10.0. The van der Waals surface area contributed by atoms with Gasteiger partial charge in [0, 0.05) is 25.5 Å². The number of rotatable bonds is 6. The highest BCUT2D eigenvalue weighted by molar-refractivity contribution is 6.39. The van der Waals surface area contributed by atoms with E-state index in [-0.39, 0.29) is 5.92 Å². The summed E-state index contributed by atoms with van der Waals surface area (Å²) in [6.45, 7) is 4.18. The Hall–Kier alpha value is -2.97. The molecule has 140 valence electrons. The minimum absolute atomic E-state index is 0.200. The summed E-state index contributed by atoms with van der Waals surface area (Å²) in [5, 5.41) is 10.3. The number of pyridine rings is 1. The van der Waals surface area contributed by atoms with Crippen molar-refractivity contribution in [3.05, 3.63) is 30.1 Å². The second-order valence-corrected chi connectivity index (χ2v) is 6.37. The van der Waals surface area contributed by atoms with E-state index in [4.69, 9.17) is 0 Å². The standard InChI is InChI=1S/C17H23N5O4/c1-10(2)13(15(24)21-12-5-8-19-16(25)14(12)23)22-17(26)20-9-11-3-6-18-7-4-11/h3-4,6-7,10,12-13H,5,8-9H2,1-2H3,(H,19,25)(H,21,24)(H2,20,22,26). The van der Waals surface area contributed by atoms with Crippen LogP contribution < -0.4 is 21.3 Å².